The zero-order chi connectivity index (χ0) is 17.1. The van der Waals surface area contributed by atoms with Gasteiger partial charge in [-0.3, -0.25) is 9.89 Å². The van der Waals surface area contributed by atoms with Crippen LogP contribution in [0.25, 0.3) is 11.3 Å². The van der Waals surface area contributed by atoms with E-state index in [1.807, 2.05) is 6.92 Å². The van der Waals surface area contributed by atoms with Crippen LogP contribution in [0, 0.1) is 18.6 Å². The van der Waals surface area contributed by atoms with Gasteiger partial charge in [-0.2, -0.15) is 5.10 Å². The molecule has 24 heavy (non-hydrogen) atoms. The molecule has 0 aliphatic carbocycles. The van der Waals surface area contributed by atoms with Crippen molar-refractivity contribution in [2.24, 2.45) is 0 Å². The highest BCUT2D eigenvalue weighted by molar-refractivity contribution is 5.89. The first-order valence-corrected chi connectivity index (χ1v) is 7.24. The SMILES string of the molecule is Cc1cc(NC(=O)CCc2ncc(-c3c(F)cccc3F)o2)n[nH]1. The number of carbonyl (C=O) groups is 1. The fourth-order valence-corrected chi connectivity index (χ4v) is 2.18. The van der Waals surface area contributed by atoms with E-state index in [9.17, 15) is 13.6 Å². The molecule has 0 atom stereocenters. The van der Waals surface area contributed by atoms with Crippen molar-refractivity contribution >= 4 is 11.7 Å². The van der Waals surface area contributed by atoms with Gasteiger partial charge in [-0.25, -0.2) is 13.8 Å². The minimum Gasteiger partial charge on any atom is -0.441 e. The number of hydrogen-bond donors (Lipinski definition) is 2. The van der Waals surface area contributed by atoms with Gasteiger partial charge in [0.1, 0.15) is 11.6 Å². The van der Waals surface area contributed by atoms with Gasteiger partial charge in [0.25, 0.3) is 0 Å². The summed E-state index contributed by atoms with van der Waals surface area (Å²) in [6.07, 6.45) is 1.54. The second-order valence-corrected chi connectivity index (χ2v) is 5.20. The number of anilines is 1. The number of benzene rings is 1. The molecule has 3 aromatic rings. The number of H-pyrrole nitrogens is 1. The van der Waals surface area contributed by atoms with E-state index in [0.717, 1.165) is 17.8 Å². The number of halogens is 2. The third-order valence-electron chi connectivity index (χ3n) is 3.30. The minimum absolute atomic E-state index is 0.0102. The molecule has 0 spiro atoms. The second-order valence-electron chi connectivity index (χ2n) is 5.20. The van der Waals surface area contributed by atoms with E-state index in [1.54, 1.807) is 6.07 Å². The number of aryl methyl sites for hydroxylation is 2. The summed E-state index contributed by atoms with van der Waals surface area (Å²) in [5, 5.41) is 9.23. The number of carbonyl (C=O) groups excluding carboxylic acids is 1. The van der Waals surface area contributed by atoms with Crippen LogP contribution in [0.3, 0.4) is 0 Å². The van der Waals surface area contributed by atoms with Gasteiger partial charge >= 0.3 is 0 Å². The van der Waals surface area contributed by atoms with Gasteiger partial charge in [0.15, 0.2) is 17.5 Å². The van der Waals surface area contributed by atoms with Crippen molar-refractivity contribution in [2.75, 3.05) is 5.32 Å². The average Bonchev–Trinajstić information content (AvgIpc) is 3.14. The number of rotatable bonds is 5. The predicted molar refractivity (Wildman–Crippen MR) is 82.1 cm³/mol. The molecule has 0 aliphatic heterocycles. The summed E-state index contributed by atoms with van der Waals surface area (Å²) in [4.78, 5) is 15.8. The second kappa shape index (κ2) is 6.61. The van der Waals surface area contributed by atoms with Crippen LogP contribution in [0.15, 0.2) is 34.9 Å². The quantitative estimate of drug-likeness (QED) is 0.751. The molecule has 6 nitrogen and oxygen atoms in total. The highest BCUT2D eigenvalue weighted by Gasteiger charge is 2.16. The molecule has 0 radical (unpaired) electrons. The van der Waals surface area contributed by atoms with E-state index in [-0.39, 0.29) is 36.0 Å². The molecule has 0 fully saturated rings. The molecule has 0 saturated carbocycles. The van der Waals surface area contributed by atoms with Gasteiger partial charge in [-0.15, -0.1) is 0 Å². The number of hydrogen-bond acceptors (Lipinski definition) is 4. The maximum atomic E-state index is 13.7. The molecule has 1 aromatic carbocycles. The van der Waals surface area contributed by atoms with Crippen LogP contribution in [-0.2, 0) is 11.2 Å². The molecule has 3 rings (SSSR count). The Kier molecular flexibility index (Phi) is 4.37. The number of nitrogens with one attached hydrogen (secondary N) is 2. The van der Waals surface area contributed by atoms with Crippen molar-refractivity contribution in [2.45, 2.75) is 19.8 Å². The number of aromatic amines is 1. The van der Waals surface area contributed by atoms with Crippen molar-refractivity contribution in [1.29, 1.82) is 0 Å². The Morgan fingerprint density at radius 1 is 1.33 bits per heavy atom. The monoisotopic (exact) mass is 332 g/mol. The minimum atomic E-state index is -0.732. The molecule has 0 saturated heterocycles. The first-order chi connectivity index (χ1) is 11.5. The number of amides is 1. The predicted octanol–water partition coefficient (Wildman–Crippen LogP) is 3.22. The van der Waals surface area contributed by atoms with Crippen molar-refractivity contribution in [1.82, 2.24) is 15.2 Å². The van der Waals surface area contributed by atoms with E-state index in [2.05, 4.69) is 20.5 Å². The van der Waals surface area contributed by atoms with Crippen molar-refractivity contribution in [3.63, 3.8) is 0 Å². The van der Waals surface area contributed by atoms with E-state index >= 15 is 0 Å². The summed E-state index contributed by atoms with van der Waals surface area (Å²) < 4.78 is 32.7. The van der Waals surface area contributed by atoms with Crippen LogP contribution < -0.4 is 5.32 Å². The number of aromatic nitrogens is 3. The summed E-state index contributed by atoms with van der Waals surface area (Å²) >= 11 is 0. The molecular formula is C16H14F2N4O2. The summed E-state index contributed by atoms with van der Waals surface area (Å²) in [5.74, 6) is -1.09. The maximum Gasteiger partial charge on any atom is 0.226 e. The topological polar surface area (TPSA) is 83.8 Å². The van der Waals surface area contributed by atoms with E-state index in [0.29, 0.717) is 5.82 Å². The number of nitrogens with zero attached hydrogens (tertiary/aromatic N) is 2. The average molecular weight is 332 g/mol. The van der Waals surface area contributed by atoms with Crippen LogP contribution in [0.1, 0.15) is 18.0 Å². The van der Waals surface area contributed by atoms with Crippen LogP contribution >= 0.6 is 0 Å². The molecule has 2 aromatic heterocycles. The van der Waals surface area contributed by atoms with Crippen molar-refractivity contribution < 1.29 is 18.0 Å². The normalized spacial score (nSPS) is 10.8. The molecular weight excluding hydrogens is 318 g/mol. The zero-order valence-corrected chi connectivity index (χ0v) is 12.8. The summed E-state index contributed by atoms with van der Waals surface area (Å²) in [6.45, 7) is 1.82. The lowest BCUT2D eigenvalue weighted by molar-refractivity contribution is -0.116. The maximum absolute atomic E-state index is 13.7. The van der Waals surface area contributed by atoms with Crippen LogP contribution in [-0.4, -0.2) is 21.1 Å². The third kappa shape index (κ3) is 3.48. The first kappa shape index (κ1) is 15.9. The van der Waals surface area contributed by atoms with Gasteiger partial charge < -0.3 is 9.73 Å². The zero-order valence-electron chi connectivity index (χ0n) is 12.8. The highest BCUT2D eigenvalue weighted by atomic mass is 19.1. The van der Waals surface area contributed by atoms with Crippen LogP contribution in [0.4, 0.5) is 14.6 Å². The Bertz CT molecular complexity index is 852. The van der Waals surface area contributed by atoms with Gasteiger partial charge in [0.2, 0.25) is 5.91 Å². The van der Waals surface area contributed by atoms with Gasteiger partial charge in [-0.1, -0.05) is 6.07 Å². The molecule has 124 valence electrons. The van der Waals surface area contributed by atoms with Crippen molar-refractivity contribution in [3.05, 3.63) is 53.7 Å². The molecule has 2 N–H and O–H groups in total. The Labute approximate surface area is 135 Å². The van der Waals surface area contributed by atoms with Gasteiger partial charge in [0, 0.05) is 24.6 Å². The molecule has 1 amide bonds. The Hall–Kier alpha value is -3.03. The molecule has 8 heteroatoms. The molecule has 2 heterocycles. The van der Waals surface area contributed by atoms with E-state index in [4.69, 9.17) is 4.42 Å². The third-order valence-corrected chi connectivity index (χ3v) is 3.30. The first-order valence-electron chi connectivity index (χ1n) is 7.24. The Morgan fingerprint density at radius 2 is 2.08 bits per heavy atom. The summed E-state index contributed by atoms with van der Waals surface area (Å²) in [6, 6.07) is 5.24. The van der Waals surface area contributed by atoms with Gasteiger partial charge in [0.05, 0.1) is 11.8 Å². The molecule has 0 unspecified atom stereocenters. The Morgan fingerprint density at radius 3 is 2.75 bits per heavy atom. The standard InChI is InChI=1S/C16H14F2N4O2/c1-9-7-13(22-21-9)20-14(23)5-6-15-19-8-12(24-15)16-10(17)3-2-4-11(16)18/h2-4,7-8H,5-6H2,1H3,(H2,20,21,22,23). The molecule has 0 aliphatic rings. The van der Waals surface area contributed by atoms with Crippen LogP contribution in [0.2, 0.25) is 0 Å². The fraction of sp³-hybridized carbons (Fsp3) is 0.188. The summed E-state index contributed by atoms with van der Waals surface area (Å²) in [7, 11) is 0. The smallest absolute Gasteiger partial charge is 0.226 e. The van der Waals surface area contributed by atoms with E-state index < -0.39 is 11.6 Å². The van der Waals surface area contributed by atoms with Crippen LogP contribution in [0.5, 0.6) is 0 Å². The van der Waals surface area contributed by atoms with E-state index in [1.165, 1.54) is 12.3 Å². The van der Waals surface area contributed by atoms with Crippen molar-refractivity contribution in [3.8, 4) is 11.3 Å². The Balaban J connectivity index is 1.63. The fourth-order valence-electron chi connectivity index (χ4n) is 2.18. The number of oxazole rings is 1. The lowest BCUT2D eigenvalue weighted by atomic mass is 10.1. The lowest BCUT2D eigenvalue weighted by Gasteiger charge is -2.01. The highest BCUT2D eigenvalue weighted by Crippen LogP contribution is 2.26. The van der Waals surface area contributed by atoms with Gasteiger partial charge in [-0.05, 0) is 19.1 Å². The lowest BCUT2D eigenvalue weighted by Crippen LogP contribution is -2.12. The largest absolute Gasteiger partial charge is 0.441 e. The summed E-state index contributed by atoms with van der Waals surface area (Å²) in [5.41, 5.74) is 0.558. The molecule has 0 bridgehead atoms.